The predicted molar refractivity (Wildman–Crippen MR) is 78.9 cm³/mol. The fourth-order valence-electron chi connectivity index (χ4n) is 2.50. The summed E-state index contributed by atoms with van der Waals surface area (Å²) in [6.07, 6.45) is -1.88. The second-order valence-electron chi connectivity index (χ2n) is 5.45. The maximum Gasteiger partial charge on any atom is 0.471 e. The number of piperidine rings is 1. The molecule has 128 valence electrons. The van der Waals surface area contributed by atoms with Gasteiger partial charge in [-0.2, -0.15) is 13.2 Å². The van der Waals surface area contributed by atoms with Gasteiger partial charge < -0.3 is 10.2 Å². The van der Waals surface area contributed by atoms with Crippen LogP contribution in [0.5, 0.6) is 0 Å². The number of hydrogen-bond donors (Lipinski definition) is 1. The van der Waals surface area contributed by atoms with Crippen molar-refractivity contribution in [2.75, 3.05) is 19.6 Å². The van der Waals surface area contributed by atoms with Gasteiger partial charge in [0.25, 0.3) is 0 Å². The minimum atomic E-state index is -4.85. The lowest BCUT2D eigenvalue weighted by atomic mass is 9.96. The molecule has 1 aromatic rings. The third kappa shape index (κ3) is 4.92. The van der Waals surface area contributed by atoms with Crippen LogP contribution in [0.2, 0.25) is 0 Å². The van der Waals surface area contributed by atoms with E-state index in [1.807, 2.05) is 6.92 Å². The van der Waals surface area contributed by atoms with Gasteiger partial charge in [0.1, 0.15) is 0 Å². The van der Waals surface area contributed by atoms with Crippen LogP contribution in [0, 0.1) is 12.8 Å². The van der Waals surface area contributed by atoms with Crippen LogP contribution in [0.4, 0.5) is 13.2 Å². The van der Waals surface area contributed by atoms with Crippen LogP contribution in [0.1, 0.15) is 22.7 Å². The fraction of sp³-hybridized carbons (Fsp3) is 0.643. The van der Waals surface area contributed by atoms with Crippen molar-refractivity contribution in [1.29, 1.82) is 0 Å². The number of aryl methyl sites for hydroxylation is 1. The molecular formula is C14H18F3N3O2S. The second kappa shape index (κ2) is 7.29. The molecule has 0 aliphatic carbocycles. The number of aromatic nitrogens is 1. The minimum Gasteiger partial charge on any atom is -0.355 e. The first kappa shape index (κ1) is 17.7. The maximum absolute atomic E-state index is 12.3. The predicted octanol–water partition coefficient (Wildman–Crippen LogP) is 1.91. The summed E-state index contributed by atoms with van der Waals surface area (Å²) in [6, 6.07) is 0. The zero-order valence-corrected chi connectivity index (χ0v) is 13.5. The molecule has 5 nitrogen and oxygen atoms in total. The summed E-state index contributed by atoms with van der Waals surface area (Å²) in [5.74, 6) is -2.32. The summed E-state index contributed by atoms with van der Waals surface area (Å²) in [6.45, 7) is 2.31. The van der Waals surface area contributed by atoms with Crippen molar-refractivity contribution in [3.8, 4) is 0 Å². The molecule has 0 spiro atoms. The van der Waals surface area contributed by atoms with Crippen molar-refractivity contribution in [1.82, 2.24) is 15.2 Å². The Morgan fingerprint density at radius 1 is 1.39 bits per heavy atom. The van der Waals surface area contributed by atoms with E-state index in [1.165, 1.54) is 0 Å². The van der Waals surface area contributed by atoms with Gasteiger partial charge in [-0.25, -0.2) is 4.98 Å². The van der Waals surface area contributed by atoms with E-state index in [0.717, 1.165) is 14.8 Å². The summed E-state index contributed by atoms with van der Waals surface area (Å²) in [5.41, 5.74) is 0. The van der Waals surface area contributed by atoms with Gasteiger partial charge in [0, 0.05) is 43.0 Å². The molecule has 0 atom stereocenters. The van der Waals surface area contributed by atoms with Crippen LogP contribution in [0.25, 0.3) is 0 Å². The molecule has 2 amide bonds. The van der Waals surface area contributed by atoms with E-state index in [0.29, 0.717) is 13.0 Å². The highest BCUT2D eigenvalue weighted by Crippen LogP contribution is 2.24. The van der Waals surface area contributed by atoms with Crippen molar-refractivity contribution in [2.24, 2.45) is 5.92 Å². The van der Waals surface area contributed by atoms with Crippen LogP contribution in [0.3, 0.4) is 0 Å². The average Bonchev–Trinajstić information content (AvgIpc) is 2.91. The first-order chi connectivity index (χ1) is 10.8. The molecule has 0 unspecified atom stereocenters. The van der Waals surface area contributed by atoms with E-state index < -0.39 is 12.1 Å². The van der Waals surface area contributed by atoms with Crippen molar-refractivity contribution in [3.05, 3.63) is 16.1 Å². The highest BCUT2D eigenvalue weighted by Gasteiger charge is 2.43. The van der Waals surface area contributed by atoms with E-state index >= 15 is 0 Å². The quantitative estimate of drug-likeness (QED) is 0.903. The fourth-order valence-corrected chi connectivity index (χ4v) is 3.29. The molecular weight excluding hydrogens is 331 g/mol. The number of carbonyl (C=O) groups excluding carboxylic acids is 2. The number of hydrogen-bond acceptors (Lipinski definition) is 4. The van der Waals surface area contributed by atoms with Crippen LogP contribution in [-0.4, -0.2) is 47.5 Å². The van der Waals surface area contributed by atoms with Crippen LogP contribution >= 0.6 is 11.3 Å². The van der Waals surface area contributed by atoms with Gasteiger partial charge in [0.2, 0.25) is 5.91 Å². The number of rotatable bonds is 4. The van der Waals surface area contributed by atoms with Gasteiger partial charge >= 0.3 is 12.1 Å². The highest BCUT2D eigenvalue weighted by atomic mass is 32.1. The SMILES string of the molecule is Cc1ncc(CCNC(=O)C2CCN(C(=O)C(F)(F)F)CC2)s1. The van der Waals surface area contributed by atoms with E-state index in [4.69, 9.17) is 0 Å². The first-order valence-electron chi connectivity index (χ1n) is 7.32. The van der Waals surface area contributed by atoms with Crippen LogP contribution < -0.4 is 5.32 Å². The van der Waals surface area contributed by atoms with E-state index in [2.05, 4.69) is 10.3 Å². The normalized spacial score (nSPS) is 16.4. The number of nitrogens with one attached hydrogen (secondary N) is 1. The topological polar surface area (TPSA) is 62.3 Å². The van der Waals surface area contributed by atoms with Gasteiger partial charge in [-0.05, 0) is 19.8 Å². The lowest BCUT2D eigenvalue weighted by Crippen LogP contribution is -2.47. The number of halogens is 3. The Labute approximate surface area is 135 Å². The van der Waals surface area contributed by atoms with E-state index in [1.54, 1.807) is 17.5 Å². The molecule has 1 aliphatic rings. The second-order valence-corrected chi connectivity index (χ2v) is 6.77. The summed E-state index contributed by atoms with van der Waals surface area (Å²) in [7, 11) is 0. The molecule has 2 rings (SSSR count). The van der Waals surface area contributed by atoms with Crippen molar-refractivity contribution < 1.29 is 22.8 Å². The van der Waals surface area contributed by atoms with Crippen molar-refractivity contribution in [3.63, 3.8) is 0 Å². The molecule has 1 aliphatic heterocycles. The summed E-state index contributed by atoms with van der Waals surface area (Å²) >= 11 is 1.57. The summed E-state index contributed by atoms with van der Waals surface area (Å²) < 4.78 is 37.0. The Morgan fingerprint density at radius 2 is 2.04 bits per heavy atom. The Hall–Kier alpha value is -1.64. The lowest BCUT2D eigenvalue weighted by molar-refractivity contribution is -0.186. The number of nitrogens with zero attached hydrogens (tertiary/aromatic N) is 2. The molecule has 0 bridgehead atoms. The number of likely N-dealkylation sites (tertiary alicyclic amines) is 1. The molecule has 23 heavy (non-hydrogen) atoms. The zero-order chi connectivity index (χ0) is 17.0. The minimum absolute atomic E-state index is 0.0372. The molecule has 9 heteroatoms. The van der Waals surface area contributed by atoms with Crippen LogP contribution in [-0.2, 0) is 16.0 Å². The van der Waals surface area contributed by atoms with Crippen molar-refractivity contribution >= 4 is 23.2 Å². The summed E-state index contributed by atoms with van der Waals surface area (Å²) in [5, 5.41) is 3.76. The van der Waals surface area contributed by atoms with E-state index in [9.17, 15) is 22.8 Å². The smallest absolute Gasteiger partial charge is 0.355 e. The van der Waals surface area contributed by atoms with E-state index in [-0.39, 0.29) is 37.8 Å². The van der Waals surface area contributed by atoms with Crippen molar-refractivity contribution in [2.45, 2.75) is 32.4 Å². The van der Waals surface area contributed by atoms with Gasteiger partial charge in [-0.15, -0.1) is 11.3 Å². The molecule has 1 N–H and O–H groups in total. The zero-order valence-electron chi connectivity index (χ0n) is 12.7. The number of alkyl halides is 3. The Bertz CT molecular complexity index is 566. The molecule has 0 saturated carbocycles. The molecule has 1 fully saturated rings. The molecule has 1 saturated heterocycles. The summed E-state index contributed by atoms with van der Waals surface area (Å²) in [4.78, 5) is 29.1. The Morgan fingerprint density at radius 3 is 2.57 bits per heavy atom. The average molecular weight is 349 g/mol. The number of thiazole rings is 1. The highest BCUT2D eigenvalue weighted by molar-refractivity contribution is 7.11. The molecule has 0 radical (unpaired) electrons. The standard InChI is InChI=1S/C14H18F3N3O2S/c1-9-19-8-11(23-9)2-5-18-12(21)10-3-6-20(7-4-10)13(22)14(15,16)17/h8,10H,2-7H2,1H3,(H,18,21). The van der Waals surface area contributed by atoms with Gasteiger partial charge in [-0.1, -0.05) is 0 Å². The number of carbonyl (C=O) groups is 2. The third-order valence-electron chi connectivity index (χ3n) is 3.74. The van der Waals surface area contributed by atoms with Gasteiger partial charge in [0.05, 0.1) is 5.01 Å². The monoisotopic (exact) mass is 349 g/mol. The Kier molecular flexibility index (Phi) is 5.61. The van der Waals surface area contributed by atoms with Crippen LogP contribution in [0.15, 0.2) is 6.20 Å². The molecule has 1 aromatic heterocycles. The van der Waals surface area contributed by atoms with Gasteiger partial charge in [-0.3, -0.25) is 9.59 Å². The molecule has 2 heterocycles. The van der Waals surface area contributed by atoms with Gasteiger partial charge in [0.15, 0.2) is 0 Å². The first-order valence-corrected chi connectivity index (χ1v) is 8.14. The molecule has 0 aromatic carbocycles. The third-order valence-corrected chi connectivity index (χ3v) is 4.71. The largest absolute Gasteiger partial charge is 0.471 e. The Balaban J connectivity index is 1.72. The maximum atomic E-state index is 12.3. The lowest BCUT2D eigenvalue weighted by Gasteiger charge is -2.31. The number of amides is 2.